The number of carbonyl (C=O) groups excluding carboxylic acids is 1. The van der Waals surface area contributed by atoms with Crippen LogP contribution in [0.15, 0.2) is 42.6 Å². The fourth-order valence-electron chi connectivity index (χ4n) is 3.51. The number of amides is 1. The number of fused-ring (bicyclic) bond motifs is 3. The van der Waals surface area contributed by atoms with Gasteiger partial charge in [-0.15, -0.1) is 5.10 Å². The first kappa shape index (κ1) is 19.3. The molecule has 1 aliphatic heterocycles. The van der Waals surface area contributed by atoms with E-state index in [1.54, 1.807) is 6.20 Å². The molecule has 1 N–H and O–H groups in total. The van der Waals surface area contributed by atoms with Crippen molar-refractivity contribution < 1.29 is 22.7 Å². The van der Waals surface area contributed by atoms with E-state index in [9.17, 15) is 18.0 Å². The molecule has 0 saturated heterocycles. The highest BCUT2D eigenvalue weighted by Gasteiger charge is 2.43. The van der Waals surface area contributed by atoms with Crippen LogP contribution >= 0.6 is 0 Å². The summed E-state index contributed by atoms with van der Waals surface area (Å²) in [6.45, 7) is 3.69. The molecule has 0 bridgehead atoms. The maximum atomic E-state index is 12.7. The molecule has 1 unspecified atom stereocenters. The van der Waals surface area contributed by atoms with Crippen molar-refractivity contribution in [3.05, 3.63) is 65.1 Å². The van der Waals surface area contributed by atoms with Crippen LogP contribution in [0.4, 0.5) is 13.2 Å². The van der Waals surface area contributed by atoms with Crippen LogP contribution in [0.2, 0.25) is 0 Å². The Morgan fingerprint density at radius 2 is 1.93 bits per heavy atom. The molecule has 0 spiro atoms. The maximum absolute atomic E-state index is 12.7. The van der Waals surface area contributed by atoms with Crippen molar-refractivity contribution in [3.8, 4) is 0 Å². The molecule has 29 heavy (non-hydrogen) atoms. The van der Waals surface area contributed by atoms with Crippen LogP contribution in [0.3, 0.4) is 0 Å². The normalized spacial score (nSPS) is 17.9. The van der Waals surface area contributed by atoms with Crippen molar-refractivity contribution >= 4 is 16.8 Å². The third-order valence-corrected chi connectivity index (χ3v) is 4.79. The molecule has 9 heteroatoms. The van der Waals surface area contributed by atoms with Gasteiger partial charge >= 0.3 is 6.18 Å². The average molecular weight is 402 g/mol. The summed E-state index contributed by atoms with van der Waals surface area (Å²) in [5.41, 5.74) is 0.806. The Morgan fingerprint density at radius 3 is 2.62 bits per heavy atom. The second-order valence-corrected chi connectivity index (χ2v) is 7.24. The molecule has 0 saturated carbocycles. The quantitative estimate of drug-likeness (QED) is 0.724. The predicted molar refractivity (Wildman–Crippen MR) is 97.5 cm³/mol. The van der Waals surface area contributed by atoms with E-state index in [4.69, 9.17) is 4.74 Å². The molecule has 1 aliphatic rings. The minimum Gasteiger partial charge on any atom is -0.353 e. The SMILES string of the molecule is CC1(C)OC(C(=O)NCc2ccc(C(F)(F)F)nn2)c2cnc3ccccc3c21. The topological polar surface area (TPSA) is 77.0 Å². The summed E-state index contributed by atoms with van der Waals surface area (Å²) in [5, 5.41) is 10.2. The Hall–Kier alpha value is -3.07. The van der Waals surface area contributed by atoms with E-state index >= 15 is 0 Å². The zero-order chi connectivity index (χ0) is 20.8. The number of benzene rings is 1. The molecule has 1 amide bonds. The van der Waals surface area contributed by atoms with Crippen LogP contribution < -0.4 is 5.32 Å². The van der Waals surface area contributed by atoms with Crippen LogP contribution in [0.5, 0.6) is 0 Å². The molecular weight excluding hydrogens is 385 g/mol. The van der Waals surface area contributed by atoms with E-state index in [0.717, 1.165) is 22.5 Å². The van der Waals surface area contributed by atoms with Crippen molar-refractivity contribution in [1.29, 1.82) is 0 Å². The van der Waals surface area contributed by atoms with Gasteiger partial charge in [-0.1, -0.05) is 18.2 Å². The Balaban J connectivity index is 1.54. The molecular formula is C20H17F3N4O2. The minimum atomic E-state index is -4.56. The fourth-order valence-corrected chi connectivity index (χ4v) is 3.51. The van der Waals surface area contributed by atoms with Gasteiger partial charge in [0.25, 0.3) is 5.91 Å². The van der Waals surface area contributed by atoms with E-state index in [1.165, 1.54) is 6.07 Å². The van der Waals surface area contributed by atoms with E-state index in [2.05, 4.69) is 20.5 Å². The number of aromatic nitrogens is 3. The number of ether oxygens (including phenoxy) is 1. The molecule has 0 aliphatic carbocycles. The highest BCUT2D eigenvalue weighted by Crippen LogP contribution is 2.45. The van der Waals surface area contributed by atoms with E-state index in [0.29, 0.717) is 5.56 Å². The predicted octanol–water partition coefficient (Wildman–Crippen LogP) is 3.67. The smallest absolute Gasteiger partial charge is 0.353 e. The monoisotopic (exact) mass is 402 g/mol. The molecule has 2 aromatic heterocycles. The zero-order valence-electron chi connectivity index (χ0n) is 15.6. The lowest BCUT2D eigenvalue weighted by Gasteiger charge is -2.21. The number of para-hydroxylation sites is 1. The number of pyridine rings is 1. The molecule has 0 radical (unpaired) electrons. The van der Waals surface area contributed by atoms with Crippen LogP contribution in [-0.2, 0) is 27.9 Å². The minimum absolute atomic E-state index is 0.0688. The number of halogens is 3. The van der Waals surface area contributed by atoms with Crippen molar-refractivity contribution in [3.63, 3.8) is 0 Å². The molecule has 1 atom stereocenters. The van der Waals surface area contributed by atoms with Gasteiger partial charge < -0.3 is 10.1 Å². The standard InChI is InChI=1S/C20H17F3N4O2/c1-19(2)16-12-5-3-4-6-14(12)24-10-13(16)17(29-19)18(28)25-9-11-7-8-15(27-26-11)20(21,22)23/h3-8,10,17H,9H2,1-2H3,(H,25,28). The third-order valence-electron chi connectivity index (χ3n) is 4.79. The average Bonchev–Trinajstić information content (AvgIpc) is 2.97. The second kappa shape index (κ2) is 6.77. The molecule has 150 valence electrons. The van der Waals surface area contributed by atoms with Crippen LogP contribution in [-0.4, -0.2) is 21.1 Å². The number of hydrogen-bond acceptors (Lipinski definition) is 5. The summed E-state index contributed by atoms with van der Waals surface area (Å²) < 4.78 is 43.7. The van der Waals surface area contributed by atoms with Gasteiger partial charge in [0.15, 0.2) is 11.8 Å². The lowest BCUT2D eigenvalue weighted by Crippen LogP contribution is -2.30. The van der Waals surface area contributed by atoms with Crippen LogP contribution in [0, 0.1) is 0 Å². The van der Waals surface area contributed by atoms with Gasteiger partial charge in [-0.05, 0) is 32.0 Å². The van der Waals surface area contributed by atoms with Crippen LogP contribution in [0.25, 0.3) is 10.9 Å². The van der Waals surface area contributed by atoms with Gasteiger partial charge in [0.2, 0.25) is 0 Å². The van der Waals surface area contributed by atoms with Gasteiger partial charge in [0, 0.05) is 22.7 Å². The lowest BCUT2D eigenvalue weighted by molar-refractivity contribution is -0.142. The summed E-state index contributed by atoms with van der Waals surface area (Å²) in [5.74, 6) is -0.421. The first-order valence-corrected chi connectivity index (χ1v) is 8.90. The summed E-state index contributed by atoms with van der Waals surface area (Å²) >= 11 is 0. The van der Waals surface area contributed by atoms with Gasteiger partial charge in [0.05, 0.1) is 23.4 Å². The van der Waals surface area contributed by atoms with Crippen molar-refractivity contribution in [2.45, 2.75) is 38.3 Å². The van der Waals surface area contributed by atoms with E-state index < -0.39 is 29.5 Å². The van der Waals surface area contributed by atoms with E-state index in [-0.39, 0.29) is 12.2 Å². The third kappa shape index (κ3) is 3.53. The Morgan fingerprint density at radius 1 is 1.17 bits per heavy atom. The molecule has 6 nitrogen and oxygen atoms in total. The fraction of sp³-hybridized carbons (Fsp3) is 0.300. The number of nitrogens with one attached hydrogen (secondary N) is 1. The van der Waals surface area contributed by atoms with Gasteiger partial charge in [-0.2, -0.15) is 18.3 Å². The Bertz CT molecular complexity index is 1080. The largest absolute Gasteiger partial charge is 0.435 e. The number of hydrogen-bond donors (Lipinski definition) is 1. The molecule has 1 aromatic carbocycles. The van der Waals surface area contributed by atoms with Crippen LogP contribution in [0.1, 0.15) is 42.5 Å². The number of alkyl halides is 3. The molecule has 3 heterocycles. The van der Waals surface area contributed by atoms with Crippen molar-refractivity contribution in [1.82, 2.24) is 20.5 Å². The Labute approximate surface area is 164 Å². The number of carbonyl (C=O) groups is 1. The highest BCUT2D eigenvalue weighted by molar-refractivity contribution is 5.89. The lowest BCUT2D eigenvalue weighted by atomic mass is 9.92. The van der Waals surface area contributed by atoms with E-state index in [1.807, 2.05) is 38.1 Å². The number of rotatable bonds is 3. The summed E-state index contributed by atoms with van der Waals surface area (Å²) in [6, 6.07) is 9.62. The van der Waals surface area contributed by atoms with Crippen molar-refractivity contribution in [2.75, 3.05) is 0 Å². The molecule has 4 rings (SSSR count). The van der Waals surface area contributed by atoms with Crippen molar-refractivity contribution in [2.24, 2.45) is 0 Å². The summed E-state index contributed by atoms with van der Waals surface area (Å²) in [7, 11) is 0. The first-order chi connectivity index (χ1) is 13.7. The van der Waals surface area contributed by atoms with Gasteiger partial charge in [-0.3, -0.25) is 9.78 Å². The first-order valence-electron chi connectivity index (χ1n) is 8.90. The molecule has 3 aromatic rings. The number of nitrogens with zero attached hydrogens (tertiary/aromatic N) is 3. The zero-order valence-corrected chi connectivity index (χ0v) is 15.6. The molecule has 0 fully saturated rings. The summed E-state index contributed by atoms with van der Waals surface area (Å²) in [6.07, 6.45) is -3.80. The maximum Gasteiger partial charge on any atom is 0.435 e. The highest BCUT2D eigenvalue weighted by atomic mass is 19.4. The summed E-state index contributed by atoms with van der Waals surface area (Å²) in [4.78, 5) is 17.2. The van der Waals surface area contributed by atoms with Gasteiger partial charge in [-0.25, -0.2) is 0 Å². The van der Waals surface area contributed by atoms with Gasteiger partial charge in [0.1, 0.15) is 0 Å². The second-order valence-electron chi connectivity index (χ2n) is 7.24. The Kier molecular flexibility index (Phi) is 4.49.